The van der Waals surface area contributed by atoms with Crippen LogP contribution in [0.2, 0.25) is 0 Å². The van der Waals surface area contributed by atoms with E-state index in [-0.39, 0.29) is 0 Å². The van der Waals surface area contributed by atoms with Crippen LogP contribution in [0.25, 0.3) is 0 Å². The maximum atomic E-state index is 10.4. The molecule has 1 saturated heterocycles. The topological polar surface area (TPSA) is 61.8 Å². The smallest absolute Gasteiger partial charge is 0.409 e. The zero-order valence-electron chi connectivity index (χ0n) is 8.85. The Hall–Kier alpha value is -1.75. The van der Waals surface area contributed by atoms with Gasteiger partial charge in [-0.15, -0.1) is 0 Å². The molecule has 0 aromatic heterocycles. The van der Waals surface area contributed by atoms with E-state index >= 15 is 0 Å². The lowest BCUT2D eigenvalue weighted by atomic mass is 10.2. The van der Waals surface area contributed by atoms with Gasteiger partial charge in [0, 0.05) is 24.5 Å². The fourth-order valence-electron chi connectivity index (χ4n) is 1.70. The van der Waals surface area contributed by atoms with Gasteiger partial charge in [-0.05, 0) is 24.3 Å². The van der Waals surface area contributed by atoms with Crippen molar-refractivity contribution >= 4 is 17.5 Å². The van der Waals surface area contributed by atoms with E-state index < -0.39 is 6.09 Å². The Morgan fingerprint density at radius 2 is 1.88 bits per heavy atom. The van der Waals surface area contributed by atoms with Crippen LogP contribution in [0.3, 0.4) is 0 Å². The summed E-state index contributed by atoms with van der Waals surface area (Å²) in [6, 6.07) is 7.35. The second-order valence-electron chi connectivity index (χ2n) is 3.58. The summed E-state index contributed by atoms with van der Waals surface area (Å²) in [5.74, 6) is 0. The van der Waals surface area contributed by atoms with Crippen molar-refractivity contribution in [3.8, 4) is 0 Å². The summed E-state index contributed by atoms with van der Waals surface area (Å²) in [6.07, 6.45) is -1.04. The molecule has 1 amide bonds. The van der Waals surface area contributed by atoms with Gasteiger partial charge in [0.25, 0.3) is 0 Å². The molecule has 5 heteroatoms. The summed E-state index contributed by atoms with van der Waals surface area (Å²) in [4.78, 5) is 12.6. The van der Waals surface area contributed by atoms with Gasteiger partial charge in [-0.2, -0.15) is 0 Å². The normalized spacial score (nSPS) is 15.9. The predicted octanol–water partition coefficient (Wildman–Crippen LogP) is 1.61. The van der Waals surface area contributed by atoms with Crippen molar-refractivity contribution < 1.29 is 14.6 Å². The number of ether oxygens (including phenoxy) is 1. The summed E-state index contributed by atoms with van der Waals surface area (Å²) < 4.78 is 5.27. The molecule has 1 aliphatic heterocycles. The maximum absolute atomic E-state index is 10.4. The largest absolute Gasteiger partial charge is 0.465 e. The monoisotopic (exact) mass is 222 g/mol. The highest BCUT2D eigenvalue weighted by Gasteiger charge is 2.10. The summed E-state index contributed by atoms with van der Waals surface area (Å²) in [7, 11) is 0. The van der Waals surface area contributed by atoms with Gasteiger partial charge >= 0.3 is 6.09 Å². The number of rotatable bonds is 2. The Morgan fingerprint density at radius 1 is 1.25 bits per heavy atom. The first-order chi connectivity index (χ1) is 7.75. The Morgan fingerprint density at radius 3 is 2.44 bits per heavy atom. The molecule has 0 unspecified atom stereocenters. The van der Waals surface area contributed by atoms with Gasteiger partial charge in [0.1, 0.15) is 0 Å². The molecular weight excluding hydrogens is 208 g/mol. The number of hydrogen-bond donors (Lipinski definition) is 2. The molecule has 0 atom stereocenters. The van der Waals surface area contributed by atoms with Crippen LogP contribution in [0, 0.1) is 0 Å². The van der Waals surface area contributed by atoms with Crippen LogP contribution in [-0.4, -0.2) is 37.5 Å². The highest BCUT2D eigenvalue weighted by molar-refractivity contribution is 5.83. The average Bonchev–Trinajstić information content (AvgIpc) is 2.30. The molecule has 1 aliphatic rings. The quantitative estimate of drug-likeness (QED) is 0.798. The molecule has 0 bridgehead atoms. The molecule has 0 saturated carbocycles. The predicted molar refractivity (Wildman–Crippen MR) is 61.1 cm³/mol. The molecule has 1 fully saturated rings. The molecule has 2 rings (SSSR count). The molecule has 16 heavy (non-hydrogen) atoms. The van der Waals surface area contributed by atoms with Crippen LogP contribution >= 0.6 is 0 Å². The van der Waals surface area contributed by atoms with E-state index in [4.69, 9.17) is 9.84 Å². The molecule has 0 aliphatic carbocycles. The van der Waals surface area contributed by atoms with Crippen LogP contribution in [0.1, 0.15) is 0 Å². The van der Waals surface area contributed by atoms with Crippen molar-refractivity contribution in [1.82, 2.24) is 0 Å². The molecule has 1 aromatic rings. The number of benzene rings is 1. The Kier molecular flexibility index (Phi) is 3.26. The average molecular weight is 222 g/mol. The van der Waals surface area contributed by atoms with E-state index in [1.165, 1.54) is 0 Å². The fraction of sp³-hybridized carbons (Fsp3) is 0.364. The zero-order chi connectivity index (χ0) is 11.4. The molecular formula is C11H14N2O3. The number of nitrogens with zero attached hydrogens (tertiary/aromatic N) is 1. The van der Waals surface area contributed by atoms with Crippen molar-refractivity contribution in [2.45, 2.75) is 0 Å². The van der Waals surface area contributed by atoms with E-state index in [2.05, 4.69) is 10.2 Å². The van der Waals surface area contributed by atoms with Crippen LogP contribution in [0.4, 0.5) is 16.2 Å². The lowest BCUT2D eigenvalue weighted by molar-refractivity contribution is 0.122. The molecule has 2 N–H and O–H groups in total. The summed E-state index contributed by atoms with van der Waals surface area (Å²) in [5, 5.41) is 10.9. The van der Waals surface area contributed by atoms with E-state index in [0.29, 0.717) is 5.69 Å². The van der Waals surface area contributed by atoms with Gasteiger partial charge in [0.2, 0.25) is 0 Å². The first-order valence-electron chi connectivity index (χ1n) is 5.18. The van der Waals surface area contributed by atoms with Gasteiger partial charge in [-0.25, -0.2) is 4.79 Å². The van der Waals surface area contributed by atoms with Crippen LogP contribution in [0.5, 0.6) is 0 Å². The second-order valence-corrected chi connectivity index (χ2v) is 3.58. The second kappa shape index (κ2) is 4.85. The minimum absolute atomic E-state index is 0.588. The van der Waals surface area contributed by atoms with Crippen LogP contribution in [0.15, 0.2) is 24.3 Å². The third kappa shape index (κ3) is 2.64. The molecule has 5 nitrogen and oxygen atoms in total. The number of hydrogen-bond acceptors (Lipinski definition) is 3. The Balaban J connectivity index is 2.03. The lowest BCUT2D eigenvalue weighted by Gasteiger charge is -2.28. The molecule has 0 spiro atoms. The van der Waals surface area contributed by atoms with Crippen LogP contribution < -0.4 is 10.2 Å². The number of amides is 1. The molecule has 0 radical (unpaired) electrons. The first-order valence-corrected chi connectivity index (χ1v) is 5.18. The SMILES string of the molecule is O=C(O)Nc1ccc(N2CCOCC2)cc1. The Labute approximate surface area is 93.6 Å². The van der Waals surface area contributed by atoms with Crippen molar-refractivity contribution in [1.29, 1.82) is 0 Å². The lowest BCUT2D eigenvalue weighted by Crippen LogP contribution is -2.36. The molecule has 1 heterocycles. The van der Waals surface area contributed by atoms with Crippen molar-refractivity contribution in [3.05, 3.63) is 24.3 Å². The van der Waals surface area contributed by atoms with E-state index in [9.17, 15) is 4.79 Å². The molecule has 1 aromatic carbocycles. The highest BCUT2D eigenvalue weighted by atomic mass is 16.5. The van der Waals surface area contributed by atoms with E-state index in [1.54, 1.807) is 12.1 Å². The number of anilines is 2. The minimum atomic E-state index is -1.04. The van der Waals surface area contributed by atoms with Crippen molar-refractivity contribution in [2.24, 2.45) is 0 Å². The van der Waals surface area contributed by atoms with Crippen LogP contribution in [-0.2, 0) is 4.74 Å². The van der Waals surface area contributed by atoms with E-state index in [1.807, 2.05) is 12.1 Å². The standard InChI is InChI=1S/C11H14N2O3/c14-11(15)12-9-1-3-10(4-2-9)13-5-7-16-8-6-13/h1-4,12H,5-8H2,(H,14,15). The zero-order valence-corrected chi connectivity index (χ0v) is 8.85. The summed E-state index contributed by atoms with van der Waals surface area (Å²) in [6.45, 7) is 3.25. The van der Waals surface area contributed by atoms with Gasteiger partial charge < -0.3 is 14.7 Å². The minimum Gasteiger partial charge on any atom is -0.465 e. The first kappa shape index (κ1) is 10.8. The third-order valence-corrected chi connectivity index (χ3v) is 2.49. The summed E-state index contributed by atoms with van der Waals surface area (Å²) in [5.41, 5.74) is 1.68. The third-order valence-electron chi connectivity index (χ3n) is 2.49. The highest BCUT2D eigenvalue weighted by Crippen LogP contribution is 2.18. The van der Waals surface area contributed by atoms with Gasteiger partial charge in [0.15, 0.2) is 0 Å². The Bertz CT molecular complexity index is 358. The number of carboxylic acid groups (broad SMARTS) is 1. The molecule has 86 valence electrons. The maximum Gasteiger partial charge on any atom is 0.409 e. The van der Waals surface area contributed by atoms with Gasteiger partial charge in [0.05, 0.1) is 13.2 Å². The van der Waals surface area contributed by atoms with Gasteiger partial charge in [-0.1, -0.05) is 0 Å². The van der Waals surface area contributed by atoms with Gasteiger partial charge in [-0.3, -0.25) is 5.32 Å². The summed E-state index contributed by atoms with van der Waals surface area (Å²) >= 11 is 0. The van der Waals surface area contributed by atoms with Crippen molar-refractivity contribution in [2.75, 3.05) is 36.5 Å². The number of nitrogens with one attached hydrogen (secondary N) is 1. The van der Waals surface area contributed by atoms with E-state index in [0.717, 1.165) is 32.0 Å². The number of morpholine rings is 1. The van der Waals surface area contributed by atoms with Crippen molar-refractivity contribution in [3.63, 3.8) is 0 Å². The fourth-order valence-corrected chi connectivity index (χ4v) is 1.70. The number of carbonyl (C=O) groups is 1.